The Balaban J connectivity index is 1.24. The van der Waals surface area contributed by atoms with E-state index in [9.17, 15) is 9.18 Å². The fourth-order valence-corrected chi connectivity index (χ4v) is 5.09. The highest BCUT2D eigenvalue weighted by molar-refractivity contribution is 7.20. The molecule has 0 bridgehead atoms. The molecule has 2 aromatic carbocycles. The Morgan fingerprint density at radius 3 is 2.92 bits per heavy atom. The molecule has 2 atom stereocenters. The molecular formula is C28H25ClFN5O3S. The van der Waals surface area contributed by atoms with Crippen molar-refractivity contribution in [2.75, 3.05) is 26.0 Å². The third-order valence-electron chi connectivity index (χ3n) is 5.88. The summed E-state index contributed by atoms with van der Waals surface area (Å²) in [5.41, 5.74) is 2.22. The van der Waals surface area contributed by atoms with Crippen LogP contribution in [-0.2, 0) is 11.3 Å². The molecular weight excluding hydrogens is 541 g/mol. The monoisotopic (exact) mass is 565 g/mol. The number of carbonyl (C=O) groups excluding carboxylic acids is 1. The number of hydrogen-bond donors (Lipinski definition) is 2. The van der Waals surface area contributed by atoms with E-state index in [1.807, 2.05) is 12.1 Å². The Bertz CT molecular complexity index is 1570. The average molecular weight is 566 g/mol. The molecule has 1 amide bonds. The molecule has 11 heteroatoms. The van der Waals surface area contributed by atoms with Gasteiger partial charge in [0.15, 0.2) is 5.82 Å². The molecule has 0 saturated carbocycles. The molecule has 2 aromatic heterocycles. The van der Waals surface area contributed by atoms with Gasteiger partial charge in [0, 0.05) is 32.7 Å². The highest BCUT2D eigenvalue weighted by Crippen LogP contribution is 2.33. The van der Waals surface area contributed by atoms with Crippen molar-refractivity contribution in [3.63, 3.8) is 0 Å². The molecule has 2 N–H and O–H groups in total. The Morgan fingerprint density at radius 1 is 1.26 bits per heavy atom. The van der Waals surface area contributed by atoms with Crippen LogP contribution >= 0.6 is 22.9 Å². The summed E-state index contributed by atoms with van der Waals surface area (Å²) in [5, 5.41) is 7.00. The second-order valence-corrected chi connectivity index (χ2v) is 10.6. The minimum atomic E-state index is -0.356. The van der Waals surface area contributed by atoms with Crippen molar-refractivity contribution in [1.29, 1.82) is 0 Å². The second kappa shape index (κ2) is 11.9. The van der Waals surface area contributed by atoms with Crippen molar-refractivity contribution in [1.82, 2.24) is 20.2 Å². The van der Waals surface area contributed by atoms with E-state index in [1.54, 1.807) is 38.4 Å². The van der Waals surface area contributed by atoms with Crippen molar-refractivity contribution in [3.8, 4) is 17.6 Å². The van der Waals surface area contributed by atoms with E-state index >= 15 is 0 Å². The summed E-state index contributed by atoms with van der Waals surface area (Å²) in [6, 6.07) is 13.4. The third-order valence-corrected chi connectivity index (χ3v) is 7.22. The molecule has 0 spiro atoms. The van der Waals surface area contributed by atoms with Crippen LogP contribution in [0, 0.1) is 17.7 Å². The number of fused-ring (bicyclic) bond motifs is 1. The number of halogens is 2. The van der Waals surface area contributed by atoms with Gasteiger partial charge in [-0.25, -0.2) is 19.2 Å². The molecule has 1 fully saturated rings. The van der Waals surface area contributed by atoms with Gasteiger partial charge in [0.25, 0.3) is 0 Å². The Kier molecular flexibility index (Phi) is 8.12. The summed E-state index contributed by atoms with van der Waals surface area (Å²) >= 11 is 7.94. The maximum absolute atomic E-state index is 13.4. The summed E-state index contributed by atoms with van der Waals surface area (Å²) in [4.78, 5) is 22.8. The highest BCUT2D eigenvalue weighted by Gasteiger charge is 2.26. The summed E-state index contributed by atoms with van der Waals surface area (Å²) < 4.78 is 25.5. The fourth-order valence-electron chi connectivity index (χ4n) is 3.93. The largest absolute Gasteiger partial charge is 0.487 e. The topological polar surface area (TPSA) is 88.6 Å². The predicted molar refractivity (Wildman–Crippen MR) is 150 cm³/mol. The minimum Gasteiger partial charge on any atom is -0.487 e. The van der Waals surface area contributed by atoms with Crippen molar-refractivity contribution in [2.45, 2.75) is 25.2 Å². The van der Waals surface area contributed by atoms with Crippen molar-refractivity contribution in [2.24, 2.45) is 0 Å². The molecule has 8 nitrogen and oxygen atoms in total. The van der Waals surface area contributed by atoms with Gasteiger partial charge >= 0.3 is 6.09 Å². The first-order chi connectivity index (χ1) is 18.8. The van der Waals surface area contributed by atoms with Crippen molar-refractivity contribution >= 4 is 50.8 Å². The summed E-state index contributed by atoms with van der Waals surface area (Å²) in [7, 11) is 3.32. The third kappa shape index (κ3) is 6.75. The van der Waals surface area contributed by atoms with Crippen LogP contribution in [0.25, 0.3) is 10.2 Å². The maximum Gasteiger partial charge on any atom is 0.409 e. The molecule has 4 aromatic rings. The number of rotatable bonds is 6. The summed E-state index contributed by atoms with van der Waals surface area (Å²) in [5.74, 6) is 7.25. The van der Waals surface area contributed by atoms with Gasteiger partial charge in [0.05, 0.1) is 26.2 Å². The number of carbonyl (C=O) groups is 1. The number of hydrogen-bond acceptors (Lipinski definition) is 8. The average Bonchev–Trinajstić information content (AvgIpc) is 3.54. The molecule has 1 aliphatic heterocycles. The number of aromatic nitrogens is 2. The van der Waals surface area contributed by atoms with Crippen molar-refractivity contribution < 1.29 is 18.7 Å². The van der Waals surface area contributed by atoms with Gasteiger partial charge in [-0.3, -0.25) is 5.32 Å². The van der Waals surface area contributed by atoms with E-state index < -0.39 is 0 Å². The van der Waals surface area contributed by atoms with Crippen LogP contribution in [-0.4, -0.2) is 53.7 Å². The number of nitrogens with one attached hydrogen (secondary N) is 2. The zero-order valence-electron chi connectivity index (χ0n) is 21.2. The normalized spacial score (nSPS) is 16.4. The van der Waals surface area contributed by atoms with E-state index in [4.69, 9.17) is 21.1 Å². The van der Waals surface area contributed by atoms with Crippen LogP contribution in [0.4, 0.5) is 20.7 Å². The molecule has 5 rings (SSSR count). The van der Waals surface area contributed by atoms with E-state index in [0.29, 0.717) is 35.1 Å². The van der Waals surface area contributed by atoms with Crippen LogP contribution in [0.3, 0.4) is 0 Å². The number of thiophene rings is 1. The van der Waals surface area contributed by atoms with E-state index in [1.165, 1.54) is 34.7 Å². The number of ether oxygens (including phenoxy) is 2. The zero-order valence-corrected chi connectivity index (χ0v) is 22.8. The number of anilines is 2. The first-order valence-corrected chi connectivity index (χ1v) is 13.3. The van der Waals surface area contributed by atoms with Gasteiger partial charge in [-0.15, -0.1) is 11.3 Å². The van der Waals surface area contributed by atoms with Crippen LogP contribution in [0.1, 0.15) is 16.9 Å². The van der Waals surface area contributed by atoms with Gasteiger partial charge in [0.2, 0.25) is 0 Å². The van der Waals surface area contributed by atoms with E-state index in [2.05, 4.69) is 32.4 Å². The smallest absolute Gasteiger partial charge is 0.409 e. The van der Waals surface area contributed by atoms with Gasteiger partial charge < -0.3 is 19.7 Å². The zero-order chi connectivity index (χ0) is 27.4. The summed E-state index contributed by atoms with van der Waals surface area (Å²) in [6.07, 6.45) is 1.57. The predicted octanol–water partition coefficient (Wildman–Crippen LogP) is 5.59. The standard InChI is InChI=1S/C28H25ClFN5O3S/c1-35(2)28(36)38-21-11-19(31-14-21)6-8-22-13-24-26(39-22)27(33-16-32-24)34-20-7-9-25(23(29)12-20)37-15-17-4-3-5-18(30)10-17/h3-5,7,9-10,12-13,16,19,21,31H,11,14-15H2,1-2H3,(H,32,33,34)/t19-,21+/m0/s1. The van der Waals surface area contributed by atoms with Crippen LogP contribution < -0.4 is 15.4 Å². The Labute approximate surface area is 234 Å². The maximum atomic E-state index is 13.4. The highest BCUT2D eigenvalue weighted by atomic mass is 35.5. The van der Waals surface area contributed by atoms with Gasteiger partial charge in [-0.2, -0.15) is 0 Å². The number of amides is 1. The lowest BCUT2D eigenvalue weighted by atomic mass is 10.2. The number of benzene rings is 2. The second-order valence-electron chi connectivity index (χ2n) is 9.10. The van der Waals surface area contributed by atoms with Crippen molar-refractivity contribution in [3.05, 3.63) is 76.1 Å². The molecule has 39 heavy (non-hydrogen) atoms. The van der Waals surface area contributed by atoms with Crippen LogP contribution in [0.5, 0.6) is 5.75 Å². The van der Waals surface area contributed by atoms with Gasteiger partial charge in [0.1, 0.15) is 30.6 Å². The molecule has 1 aliphatic rings. The van der Waals surface area contributed by atoms with E-state index in [0.717, 1.165) is 20.8 Å². The Morgan fingerprint density at radius 2 is 2.13 bits per heavy atom. The quantitative estimate of drug-likeness (QED) is 0.295. The summed E-state index contributed by atoms with van der Waals surface area (Å²) in [6.45, 7) is 0.774. The molecule has 3 heterocycles. The molecule has 1 saturated heterocycles. The minimum absolute atomic E-state index is 0.0670. The SMILES string of the molecule is CN(C)C(=O)O[C@H]1CN[C@@H](C#Cc2cc3ncnc(Nc4ccc(OCc5cccc(F)c5)c(Cl)c4)c3s2)C1. The molecule has 0 radical (unpaired) electrons. The first-order valence-electron chi connectivity index (χ1n) is 12.2. The van der Waals surface area contributed by atoms with Gasteiger partial charge in [-0.1, -0.05) is 35.6 Å². The molecule has 0 aliphatic carbocycles. The lowest BCUT2D eigenvalue weighted by molar-refractivity contribution is 0.0826. The lowest BCUT2D eigenvalue weighted by Crippen LogP contribution is -2.29. The first kappa shape index (κ1) is 26.7. The van der Waals surface area contributed by atoms with Gasteiger partial charge in [-0.05, 0) is 42.0 Å². The number of nitrogens with zero attached hydrogens (tertiary/aromatic N) is 3. The van der Waals surface area contributed by atoms with E-state index in [-0.39, 0.29) is 30.7 Å². The van der Waals surface area contributed by atoms with Crippen LogP contribution in [0.15, 0.2) is 54.9 Å². The Hall–Kier alpha value is -3.91. The molecule has 200 valence electrons. The lowest BCUT2D eigenvalue weighted by Gasteiger charge is -2.15. The van der Waals surface area contributed by atoms with Crippen LogP contribution in [0.2, 0.25) is 5.02 Å². The molecule has 0 unspecified atom stereocenters. The fraction of sp³-hybridized carbons (Fsp3) is 0.250.